The normalized spacial score (nSPS) is 14.2. The Labute approximate surface area is 125 Å². The number of halogens is 2. The summed E-state index contributed by atoms with van der Waals surface area (Å²) in [6.07, 6.45) is 0. The molecule has 19 heavy (non-hydrogen) atoms. The number of anilines is 2. The number of nitrogens with two attached hydrogens (primary N) is 1. The standard InChI is InChI=1S/C12H16Cl2N2O2S/c1-6(2)19(18)7(3)12(17)16-11-9(14)4-8(13)5-10(11)15/h4-7H,15H2,1-3H3,(H,16,17). The number of carbonyl (C=O) groups is 1. The minimum Gasteiger partial charge on any atom is -0.397 e. The van der Waals surface area contributed by atoms with Gasteiger partial charge in [-0.05, 0) is 19.1 Å². The molecule has 0 aliphatic heterocycles. The van der Waals surface area contributed by atoms with Crippen LogP contribution in [-0.4, -0.2) is 20.6 Å². The molecule has 4 nitrogen and oxygen atoms in total. The maximum absolute atomic E-state index is 12.0. The van der Waals surface area contributed by atoms with E-state index in [0.29, 0.717) is 10.7 Å². The lowest BCUT2D eigenvalue weighted by Crippen LogP contribution is -2.32. The second-order valence-electron chi connectivity index (χ2n) is 4.36. The van der Waals surface area contributed by atoms with Crippen molar-refractivity contribution < 1.29 is 9.00 Å². The number of hydrogen-bond donors (Lipinski definition) is 2. The molecule has 0 spiro atoms. The van der Waals surface area contributed by atoms with Crippen molar-refractivity contribution in [2.24, 2.45) is 0 Å². The molecule has 0 radical (unpaired) electrons. The molecule has 1 aromatic rings. The van der Waals surface area contributed by atoms with E-state index >= 15 is 0 Å². The van der Waals surface area contributed by atoms with Gasteiger partial charge in [0.2, 0.25) is 5.91 Å². The zero-order chi connectivity index (χ0) is 14.7. The summed E-state index contributed by atoms with van der Waals surface area (Å²) in [5, 5.41) is 2.49. The Morgan fingerprint density at radius 2 is 1.89 bits per heavy atom. The monoisotopic (exact) mass is 322 g/mol. The molecule has 2 atom stereocenters. The number of benzene rings is 1. The largest absolute Gasteiger partial charge is 0.397 e. The van der Waals surface area contributed by atoms with E-state index in [1.54, 1.807) is 20.8 Å². The number of hydrogen-bond acceptors (Lipinski definition) is 3. The number of nitrogens with one attached hydrogen (secondary N) is 1. The summed E-state index contributed by atoms with van der Waals surface area (Å²) in [4.78, 5) is 12.0. The number of carbonyl (C=O) groups excluding carboxylic acids is 1. The van der Waals surface area contributed by atoms with Crippen molar-refractivity contribution in [3.05, 3.63) is 22.2 Å². The van der Waals surface area contributed by atoms with Crippen LogP contribution in [-0.2, 0) is 15.6 Å². The Balaban J connectivity index is 2.92. The first kappa shape index (κ1) is 16.3. The van der Waals surface area contributed by atoms with E-state index in [-0.39, 0.29) is 21.9 Å². The third kappa shape index (κ3) is 4.09. The van der Waals surface area contributed by atoms with Crippen molar-refractivity contribution >= 4 is 51.3 Å². The van der Waals surface area contributed by atoms with E-state index < -0.39 is 16.0 Å². The van der Waals surface area contributed by atoms with E-state index in [9.17, 15) is 9.00 Å². The molecule has 1 amide bonds. The van der Waals surface area contributed by atoms with Crippen molar-refractivity contribution in [1.82, 2.24) is 0 Å². The smallest absolute Gasteiger partial charge is 0.239 e. The highest BCUT2D eigenvalue weighted by Gasteiger charge is 2.23. The average molecular weight is 323 g/mol. The van der Waals surface area contributed by atoms with Crippen LogP contribution in [0.15, 0.2) is 12.1 Å². The predicted octanol–water partition coefficient (Wildman–Crippen LogP) is 3.06. The van der Waals surface area contributed by atoms with Crippen LogP contribution < -0.4 is 11.1 Å². The maximum Gasteiger partial charge on any atom is 0.239 e. The fourth-order valence-corrected chi connectivity index (χ4v) is 3.11. The summed E-state index contributed by atoms with van der Waals surface area (Å²) >= 11 is 11.8. The van der Waals surface area contributed by atoms with Gasteiger partial charge in [-0.2, -0.15) is 0 Å². The van der Waals surface area contributed by atoms with Crippen LogP contribution in [0.2, 0.25) is 10.0 Å². The summed E-state index contributed by atoms with van der Waals surface area (Å²) in [6, 6.07) is 2.98. The van der Waals surface area contributed by atoms with E-state index in [2.05, 4.69) is 5.32 Å². The zero-order valence-electron chi connectivity index (χ0n) is 10.9. The Morgan fingerprint density at radius 1 is 1.32 bits per heavy atom. The summed E-state index contributed by atoms with van der Waals surface area (Å²) in [5.41, 5.74) is 6.31. The molecule has 0 fully saturated rings. The lowest BCUT2D eigenvalue weighted by Gasteiger charge is -2.16. The second-order valence-corrected chi connectivity index (χ2v) is 7.51. The van der Waals surface area contributed by atoms with Gasteiger partial charge in [0.1, 0.15) is 5.25 Å². The van der Waals surface area contributed by atoms with Gasteiger partial charge < -0.3 is 11.1 Å². The van der Waals surface area contributed by atoms with Crippen LogP contribution in [0, 0.1) is 0 Å². The molecular formula is C12H16Cl2N2O2S. The van der Waals surface area contributed by atoms with Crippen LogP contribution in [0.1, 0.15) is 20.8 Å². The SMILES string of the molecule is CC(C)S(=O)C(C)C(=O)Nc1c(N)cc(Cl)cc1Cl. The summed E-state index contributed by atoms with van der Waals surface area (Å²) < 4.78 is 11.9. The maximum atomic E-state index is 12.0. The first-order chi connectivity index (χ1) is 8.73. The fourth-order valence-electron chi connectivity index (χ4n) is 1.46. The molecule has 0 aromatic heterocycles. The second kappa shape index (κ2) is 6.59. The van der Waals surface area contributed by atoms with Gasteiger partial charge in [0.05, 0.1) is 16.4 Å². The first-order valence-electron chi connectivity index (χ1n) is 5.68. The Kier molecular flexibility index (Phi) is 5.64. The van der Waals surface area contributed by atoms with Crippen LogP contribution in [0.3, 0.4) is 0 Å². The van der Waals surface area contributed by atoms with Crippen LogP contribution >= 0.6 is 23.2 Å². The van der Waals surface area contributed by atoms with Gasteiger partial charge in [0.25, 0.3) is 0 Å². The molecule has 0 saturated carbocycles. The van der Waals surface area contributed by atoms with Gasteiger partial charge in [-0.3, -0.25) is 9.00 Å². The van der Waals surface area contributed by atoms with Crippen LogP contribution in [0.5, 0.6) is 0 Å². The number of rotatable bonds is 4. The minimum atomic E-state index is -1.26. The molecule has 0 heterocycles. The Morgan fingerprint density at radius 3 is 2.37 bits per heavy atom. The number of amides is 1. The van der Waals surface area contributed by atoms with Crippen molar-refractivity contribution in [3.8, 4) is 0 Å². The highest BCUT2D eigenvalue weighted by molar-refractivity contribution is 7.87. The highest BCUT2D eigenvalue weighted by atomic mass is 35.5. The lowest BCUT2D eigenvalue weighted by molar-refractivity contribution is -0.115. The van der Waals surface area contributed by atoms with Gasteiger partial charge in [-0.1, -0.05) is 37.0 Å². The molecular weight excluding hydrogens is 307 g/mol. The Hall–Kier alpha value is -0.780. The fraction of sp³-hybridized carbons (Fsp3) is 0.417. The third-order valence-electron chi connectivity index (χ3n) is 2.52. The van der Waals surface area contributed by atoms with E-state index in [1.165, 1.54) is 12.1 Å². The molecule has 0 aliphatic rings. The van der Waals surface area contributed by atoms with Crippen molar-refractivity contribution in [1.29, 1.82) is 0 Å². The molecule has 1 aromatic carbocycles. The quantitative estimate of drug-likeness (QED) is 0.837. The summed E-state index contributed by atoms with van der Waals surface area (Å²) in [6.45, 7) is 5.19. The first-order valence-corrected chi connectivity index (χ1v) is 7.72. The van der Waals surface area contributed by atoms with Gasteiger partial charge in [0, 0.05) is 21.1 Å². The topological polar surface area (TPSA) is 72.2 Å². The van der Waals surface area contributed by atoms with E-state index in [1.807, 2.05) is 0 Å². The molecule has 1 rings (SSSR count). The van der Waals surface area contributed by atoms with Crippen molar-refractivity contribution in [3.63, 3.8) is 0 Å². The molecule has 7 heteroatoms. The summed E-state index contributed by atoms with van der Waals surface area (Å²) in [5.74, 6) is -0.386. The zero-order valence-corrected chi connectivity index (χ0v) is 13.2. The molecule has 106 valence electrons. The van der Waals surface area contributed by atoms with Gasteiger partial charge in [-0.25, -0.2) is 0 Å². The van der Waals surface area contributed by atoms with Gasteiger partial charge in [-0.15, -0.1) is 0 Å². The van der Waals surface area contributed by atoms with E-state index in [4.69, 9.17) is 28.9 Å². The Bertz CT molecular complexity index is 497. The van der Waals surface area contributed by atoms with Crippen molar-refractivity contribution in [2.45, 2.75) is 31.3 Å². The third-order valence-corrected chi connectivity index (χ3v) is 4.87. The summed E-state index contributed by atoms with van der Waals surface area (Å²) in [7, 11) is -1.26. The molecule has 3 N–H and O–H groups in total. The van der Waals surface area contributed by atoms with Crippen molar-refractivity contribution in [2.75, 3.05) is 11.1 Å². The molecule has 0 saturated heterocycles. The molecule has 0 aliphatic carbocycles. The average Bonchev–Trinajstić information content (AvgIpc) is 2.31. The number of nitrogen functional groups attached to an aromatic ring is 1. The van der Waals surface area contributed by atoms with Crippen LogP contribution in [0.4, 0.5) is 11.4 Å². The molecule has 2 unspecified atom stereocenters. The van der Waals surface area contributed by atoms with E-state index in [0.717, 1.165) is 0 Å². The predicted molar refractivity (Wildman–Crippen MR) is 82.2 cm³/mol. The highest BCUT2D eigenvalue weighted by Crippen LogP contribution is 2.32. The molecule has 0 bridgehead atoms. The van der Waals surface area contributed by atoms with Gasteiger partial charge >= 0.3 is 0 Å². The minimum absolute atomic E-state index is 0.0983. The lowest BCUT2D eigenvalue weighted by atomic mass is 10.2. The van der Waals surface area contributed by atoms with Gasteiger partial charge in [0.15, 0.2) is 0 Å². The van der Waals surface area contributed by atoms with Crippen LogP contribution in [0.25, 0.3) is 0 Å².